The second-order valence-corrected chi connectivity index (χ2v) is 1.85. The van der Waals surface area contributed by atoms with Crippen LogP contribution in [0.4, 0.5) is 13.2 Å². The molecule has 64 valence electrons. The van der Waals surface area contributed by atoms with Gasteiger partial charge in [0.15, 0.2) is 0 Å². The molecule has 0 fully saturated rings. The summed E-state index contributed by atoms with van der Waals surface area (Å²) in [6.07, 6.45) is -4.13. The monoisotopic (exact) mass is 178 g/mol. The van der Waals surface area contributed by atoms with Gasteiger partial charge in [-0.05, 0) is 0 Å². The Hall–Kier alpha value is -0.0000000000000000555. The van der Waals surface area contributed by atoms with Crippen LogP contribution < -0.4 is 11.3 Å². The van der Waals surface area contributed by atoms with Gasteiger partial charge in [-0.25, -0.2) is 0 Å². The van der Waals surface area contributed by atoms with E-state index in [4.69, 9.17) is 0 Å². The maximum absolute atomic E-state index is 11.5. The SMILES string of the molecule is CC(CNN)C(F)(F)F.Cl. The molecular formula is C4H10ClF3N2. The van der Waals surface area contributed by atoms with Crippen LogP contribution in [0.5, 0.6) is 0 Å². The van der Waals surface area contributed by atoms with Crippen molar-refractivity contribution < 1.29 is 13.2 Å². The van der Waals surface area contributed by atoms with E-state index in [-0.39, 0.29) is 19.0 Å². The van der Waals surface area contributed by atoms with Crippen LogP contribution in [0.1, 0.15) is 6.92 Å². The van der Waals surface area contributed by atoms with Gasteiger partial charge in [0.25, 0.3) is 0 Å². The zero-order valence-electron chi connectivity index (χ0n) is 5.40. The number of alkyl halides is 3. The number of hydrazine groups is 1. The number of nitrogens with two attached hydrogens (primary N) is 1. The quantitative estimate of drug-likeness (QED) is 0.491. The van der Waals surface area contributed by atoms with Gasteiger partial charge in [-0.2, -0.15) is 13.2 Å². The highest BCUT2D eigenvalue weighted by Gasteiger charge is 2.35. The smallest absolute Gasteiger partial charge is 0.271 e. The van der Waals surface area contributed by atoms with Crippen molar-refractivity contribution in [3.05, 3.63) is 0 Å². The molecule has 0 heterocycles. The summed E-state index contributed by atoms with van der Waals surface area (Å²) >= 11 is 0. The molecule has 10 heavy (non-hydrogen) atoms. The third kappa shape index (κ3) is 4.84. The van der Waals surface area contributed by atoms with Crippen LogP contribution in [0, 0.1) is 5.92 Å². The van der Waals surface area contributed by atoms with Crippen molar-refractivity contribution in [1.29, 1.82) is 0 Å². The maximum Gasteiger partial charge on any atom is 0.392 e. The third-order valence-electron chi connectivity index (χ3n) is 0.983. The molecule has 0 aromatic carbocycles. The minimum Gasteiger partial charge on any atom is -0.271 e. The van der Waals surface area contributed by atoms with E-state index in [0.29, 0.717) is 0 Å². The second kappa shape index (κ2) is 4.76. The first-order valence-electron chi connectivity index (χ1n) is 2.48. The minimum atomic E-state index is -4.13. The second-order valence-electron chi connectivity index (χ2n) is 1.85. The van der Waals surface area contributed by atoms with E-state index >= 15 is 0 Å². The molecule has 0 amide bonds. The minimum absolute atomic E-state index is 0. The molecule has 0 spiro atoms. The number of hydrogen-bond donors (Lipinski definition) is 2. The molecule has 1 atom stereocenters. The molecule has 0 aromatic heterocycles. The summed E-state index contributed by atoms with van der Waals surface area (Å²) < 4.78 is 34.6. The molecule has 1 unspecified atom stereocenters. The van der Waals surface area contributed by atoms with Gasteiger partial charge in [-0.15, -0.1) is 12.4 Å². The van der Waals surface area contributed by atoms with Crippen LogP contribution in [0.3, 0.4) is 0 Å². The number of hydrogen-bond acceptors (Lipinski definition) is 2. The largest absolute Gasteiger partial charge is 0.392 e. The van der Waals surface area contributed by atoms with Crippen molar-refractivity contribution >= 4 is 12.4 Å². The Balaban J connectivity index is 0. The summed E-state index contributed by atoms with van der Waals surface area (Å²) in [6.45, 7) is 0.837. The molecular weight excluding hydrogens is 169 g/mol. The van der Waals surface area contributed by atoms with Crippen molar-refractivity contribution in [2.24, 2.45) is 11.8 Å². The summed E-state index contributed by atoms with van der Waals surface area (Å²) in [4.78, 5) is 0. The molecule has 0 saturated carbocycles. The van der Waals surface area contributed by atoms with E-state index in [1.165, 1.54) is 0 Å². The average Bonchev–Trinajstić information content (AvgIpc) is 1.64. The molecule has 0 aromatic rings. The van der Waals surface area contributed by atoms with Crippen LogP contribution in [0.15, 0.2) is 0 Å². The van der Waals surface area contributed by atoms with Crippen LogP contribution in [-0.2, 0) is 0 Å². The lowest BCUT2D eigenvalue weighted by molar-refractivity contribution is -0.168. The first-order valence-corrected chi connectivity index (χ1v) is 2.48. The lowest BCUT2D eigenvalue weighted by Gasteiger charge is -2.13. The Morgan fingerprint density at radius 1 is 1.50 bits per heavy atom. The highest BCUT2D eigenvalue weighted by Crippen LogP contribution is 2.24. The van der Waals surface area contributed by atoms with Gasteiger partial charge < -0.3 is 0 Å². The third-order valence-corrected chi connectivity index (χ3v) is 0.983. The van der Waals surface area contributed by atoms with Crippen molar-refractivity contribution in [2.45, 2.75) is 13.1 Å². The molecule has 6 heteroatoms. The van der Waals surface area contributed by atoms with Gasteiger partial charge in [0, 0.05) is 6.54 Å². The van der Waals surface area contributed by atoms with Crippen LogP contribution >= 0.6 is 12.4 Å². The maximum atomic E-state index is 11.5. The highest BCUT2D eigenvalue weighted by molar-refractivity contribution is 5.85. The Kier molecular flexibility index (Phi) is 6.02. The molecule has 0 bridgehead atoms. The first kappa shape index (κ1) is 12.7. The Labute approximate surface area is 63.3 Å². The van der Waals surface area contributed by atoms with Crippen molar-refractivity contribution in [2.75, 3.05) is 6.54 Å². The Morgan fingerprint density at radius 2 is 1.90 bits per heavy atom. The summed E-state index contributed by atoms with van der Waals surface area (Å²) in [5.74, 6) is 3.30. The van der Waals surface area contributed by atoms with Gasteiger partial charge in [0.1, 0.15) is 0 Å². The molecule has 0 aliphatic rings. The first-order chi connectivity index (χ1) is 3.98. The topological polar surface area (TPSA) is 38.0 Å². The van der Waals surface area contributed by atoms with Crippen LogP contribution in [-0.4, -0.2) is 12.7 Å². The number of halogens is 4. The van der Waals surface area contributed by atoms with Gasteiger partial charge in [0.2, 0.25) is 0 Å². The van der Waals surface area contributed by atoms with Crippen molar-refractivity contribution in [3.8, 4) is 0 Å². The summed E-state index contributed by atoms with van der Waals surface area (Å²) in [5.41, 5.74) is 1.95. The zero-order valence-corrected chi connectivity index (χ0v) is 6.22. The van der Waals surface area contributed by atoms with E-state index in [1.807, 2.05) is 5.43 Å². The van der Waals surface area contributed by atoms with Gasteiger partial charge in [-0.1, -0.05) is 6.92 Å². The molecule has 0 aliphatic heterocycles. The van der Waals surface area contributed by atoms with E-state index in [2.05, 4.69) is 5.84 Å². The summed E-state index contributed by atoms with van der Waals surface area (Å²) in [5, 5.41) is 0. The fraction of sp³-hybridized carbons (Fsp3) is 1.00. The lowest BCUT2D eigenvalue weighted by atomic mass is 10.2. The van der Waals surface area contributed by atoms with Gasteiger partial charge in [0.05, 0.1) is 5.92 Å². The summed E-state index contributed by atoms with van der Waals surface area (Å²) in [7, 11) is 0. The summed E-state index contributed by atoms with van der Waals surface area (Å²) in [6, 6.07) is 0. The van der Waals surface area contributed by atoms with E-state index in [9.17, 15) is 13.2 Å². The predicted octanol–water partition coefficient (Wildman–Crippen LogP) is 1.07. The Bertz CT molecular complexity index is 85.1. The molecule has 2 nitrogen and oxygen atoms in total. The lowest BCUT2D eigenvalue weighted by Crippen LogP contribution is -2.34. The highest BCUT2D eigenvalue weighted by atomic mass is 35.5. The molecule has 0 aliphatic carbocycles. The van der Waals surface area contributed by atoms with Crippen LogP contribution in [0.2, 0.25) is 0 Å². The van der Waals surface area contributed by atoms with Crippen molar-refractivity contribution in [3.63, 3.8) is 0 Å². The fourth-order valence-corrected chi connectivity index (χ4v) is 0.293. The fourth-order valence-electron chi connectivity index (χ4n) is 0.293. The zero-order chi connectivity index (χ0) is 7.49. The Morgan fingerprint density at radius 3 is 2.00 bits per heavy atom. The van der Waals surface area contributed by atoms with Crippen LogP contribution in [0.25, 0.3) is 0 Å². The number of nitrogens with one attached hydrogen (secondary N) is 1. The number of rotatable bonds is 2. The van der Waals surface area contributed by atoms with Gasteiger partial charge in [-0.3, -0.25) is 11.3 Å². The molecule has 0 radical (unpaired) electrons. The molecule has 0 saturated heterocycles. The normalized spacial score (nSPS) is 14.1. The standard InChI is InChI=1S/C4H9F3N2.ClH/c1-3(2-9-8)4(5,6)7;/h3,9H,2,8H2,1H3;1H. The average molecular weight is 179 g/mol. The molecule has 3 N–H and O–H groups in total. The van der Waals surface area contributed by atoms with E-state index in [0.717, 1.165) is 6.92 Å². The predicted molar refractivity (Wildman–Crippen MR) is 34.7 cm³/mol. The van der Waals surface area contributed by atoms with Gasteiger partial charge >= 0.3 is 6.18 Å². The van der Waals surface area contributed by atoms with E-state index in [1.54, 1.807) is 0 Å². The van der Waals surface area contributed by atoms with Crippen molar-refractivity contribution in [1.82, 2.24) is 5.43 Å². The molecule has 0 rings (SSSR count). The van der Waals surface area contributed by atoms with E-state index < -0.39 is 12.1 Å².